The Morgan fingerprint density at radius 3 is 0.537 bits per heavy atom. The van der Waals surface area contributed by atoms with E-state index in [2.05, 4.69) is 0 Å². The van der Waals surface area contributed by atoms with Crippen LogP contribution in [0.5, 0.6) is 0 Å². The van der Waals surface area contributed by atoms with Crippen molar-refractivity contribution in [3.05, 3.63) is 0 Å². The van der Waals surface area contributed by atoms with E-state index < -0.39 is 89.5 Å². The highest BCUT2D eigenvalue weighted by molar-refractivity contribution is 8.01. The normalized spacial score (nSPS) is 32.5. The molecule has 0 bridgehead atoms. The topological polar surface area (TPSA) is 77.5 Å². The predicted molar refractivity (Wildman–Crippen MR) is 76.1 cm³/mol. The largest absolute Gasteiger partial charge is 0.384 e. The van der Waals surface area contributed by atoms with Crippen LogP contribution in [0.1, 0.15) is 0 Å². The third-order valence-electron chi connectivity index (χ3n) is 5.64. The first kappa shape index (κ1) is 35.5. The molecule has 2 saturated carbocycles. The minimum absolute atomic E-state index is 1.41. The molecule has 0 unspecified atom stereocenters. The highest BCUT2D eigenvalue weighted by Gasteiger charge is 3.07. The van der Waals surface area contributed by atoms with Crippen LogP contribution in [-0.2, 0) is 23.9 Å². The molecule has 0 aromatic carbocycles. The minimum Gasteiger partial charge on any atom is -0.209 e. The van der Waals surface area contributed by atoms with Crippen LogP contribution in [0.15, 0.2) is 0 Å². The minimum atomic E-state index is -9.77. The summed E-state index contributed by atoms with van der Waals surface area (Å²) in [5.41, 5.74) is 0. The van der Waals surface area contributed by atoms with Gasteiger partial charge in [0, 0.05) is 0 Å². The second-order valence-electron chi connectivity index (χ2n) is 7.91. The Labute approximate surface area is 207 Å². The molecule has 41 heavy (non-hydrogen) atoms. The van der Waals surface area contributed by atoms with Gasteiger partial charge in [0.15, 0.2) is 0 Å². The van der Waals surface area contributed by atoms with Gasteiger partial charge in [-0.15, -0.1) is 3.63 Å². The summed E-state index contributed by atoms with van der Waals surface area (Å²) in [5.74, 6) is -85.6. The first-order valence-electron chi connectivity index (χ1n) is 8.57. The van der Waals surface area contributed by atoms with Crippen molar-refractivity contribution in [1.82, 2.24) is 0 Å². The molecule has 0 spiro atoms. The van der Waals surface area contributed by atoms with Crippen molar-refractivity contribution in [3.8, 4) is 0 Å². The summed E-state index contributed by atoms with van der Waals surface area (Å²) < 4.78 is 347. The average Bonchev–Trinajstić information content (AvgIpc) is 2.73. The van der Waals surface area contributed by atoms with Crippen LogP contribution >= 0.6 is 0 Å². The summed E-state index contributed by atoms with van der Waals surface area (Å²) in [6.45, 7) is 0. The van der Waals surface area contributed by atoms with E-state index in [1.165, 1.54) is 3.63 Å². The molecule has 2 fully saturated rings. The lowest BCUT2D eigenvalue weighted by atomic mass is 9.81. The fraction of sp³-hybridized carbons (Fsp3) is 1.00. The lowest BCUT2D eigenvalue weighted by molar-refractivity contribution is -0.471. The van der Waals surface area contributed by atoms with Crippen molar-refractivity contribution in [1.29, 1.82) is 0 Å². The van der Waals surface area contributed by atoms with Crippen LogP contribution in [-0.4, -0.2) is 86.1 Å². The van der Waals surface area contributed by atoms with E-state index in [0.717, 1.165) is 0 Å². The van der Waals surface area contributed by atoms with Gasteiger partial charge in [0.1, 0.15) is 0 Å². The zero-order valence-corrected chi connectivity index (χ0v) is 18.8. The second-order valence-corrected chi connectivity index (χ2v) is 11.4. The molecule has 2 aliphatic rings. The maximum atomic E-state index is 14.6. The lowest BCUT2D eigenvalue weighted by Crippen LogP contribution is -2.86. The zero-order valence-electron chi connectivity index (χ0n) is 17.2. The van der Waals surface area contributed by atoms with E-state index in [0.29, 0.717) is 0 Å². The van der Waals surface area contributed by atoms with Gasteiger partial charge in [-0.1, -0.05) is 0 Å². The Kier molecular flexibility index (Phi) is 6.66. The summed E-state index contributed by atoms with van der Waals surface area (Å²) in [7, 11) is -19.5. The molecule has 0 heterocycles. The van der Waals surface area contributed by atoms with Crippen LogP contribution in [0.3, 0.4) is 0 Å². The summed E-state index contributed by atoms with van der Waals surface area (Å²) in [5, 5.41) is -17.8. The molecule has 0 N–H and O–H groups in total. The van der Waals surface area contributed by atoms with Crippen molar-refractivity contribution in [3.63, 3.8) is 0 Å². The first-order valence-corrected chi connectivity index (χ1v) is 11.4. The van der Waals surface area contributed by atoms with Gasteiger partial charge in [-0.2, -0.15) is 105 Å². The maximum Gasteiger partial charge on any atom is 0.384 e. The fourth-order valence-electron chi connectivity index (χ4n) is 3.22. The monoisotopic (exact) mass is 706 g/mol. The Balaban J connectivity index is 3.02. The Hall–Kier alpha value is -1.68. The van der Waals surface area contributed by atoms with Crippen LogP contribution in [0.4, 0.5) is 96.6 Å². The summed E-state index contributed by atoms with van der Waals surface area (Å²) >= 11 is 0. The van der Waals surface area contributed by atoms with Crippen LogP contribution in [0.25, 0.3) is 0 Å². The van der Waals surface area contributed by atoms with E-state index in [-0.39, 0.29) is 0 Å². The van der Waals surface area contributed by atoms with Crippen molar-refractivity contribution in [2.75, 3.05) is 0 Å². The van der Waals surface area contributed by atoms with E-state index in [1.54, 1.807) is 0 Å². The first-order chi connectivity index (χ1) is 17.2. The van der Waals surface area contributed by atoms with E-state index in [4.69, 9.17) is 0 Å². The van der Waals surface area contributed by atoms with E-state index >= 15 is 0 Å². The molecule has 0 amide bonds. The number of alkyl halides is 22. The molecule has 0 radical (unpaired) electrons. The molecule has 0 aliphatic heterocycles. The number of hydrogen-bond acceptors (Lipinski definition) is 5. The molecule has 244 valence electrons. The highest BCUT2D eigenvalue weighted by Crippen LogP contribution is 2.73. The molecular weight excluding hydrogens is 706 g/mol. The maximum absolute atomic E-state index is 14.6. The smallest absolute Gasteiger partial charge is 0.209 e. The summed E-state index contributed by atoms with van der Waals surface area (Å²) in [6, 6.07) is 0. The molecule has 2 aliphatic carbocycles. The van der Waals surface area contributed by atoms with Crippen LogP contribution in [0, 0.1) is 0 Å². The van der Waals surface area contributed by atoms with Crippen molar-refractivity contribution < 1.29 is 117 Å². The van der Waals surface area contributed by atoms with Crippen LogP contribution in [0.2, 0.25) is 0 Å². The van der Waals surface area contributed by atoms with Crippen LogP contribution < -0.4 is 0 Å². The summed E-state index contributed by atoms with van der Waals surface area (Å²) in [4.78, 5) is 0. The Morgan fingerprint density at radius 1 is 0.268 bits per heavy atom. The molecule has 0 aromatic rings. The molecule has 0 atom stereocenters. The average molecular weight is 706 g/mol. The predicted octanol–water partition coefficient (Wildman–Crippen LogP) is 5.37. The molecule has 2 rings (SSSR count). The molecule has 29 heteroatoms. The summed E-state index contributed by atoms with van der Waals surface area (Å²) in [6.07, 6.45) is 0. The quantitative estimate of drug-likeness (QED) is 0.368. The van der Waals surface area contributed by atoms with Gasteiger partial charge in [0.05, 0.1) is 0 Å². The van der Waals surface area contributed by atoms with Gasteiger partial charge in [-0.25, -0.2) is 8.78 Å². The van der Waals surface area contributed by atoms with Gasteiger partial charge in [0.25, 0.3) is 0 Å². The van der Waals surface area contributed by atoms with Gasteiger partial charge in [-0.3, -0.25) is 0 Å². The molecule has 0 aromatic heterocycles. The third kappa shape index (κ3) is 2.98. The van der Waals surface area contributed by atoms with E-state index in [9.17, 15) is 113 Å². The van der Waals surface area contributed by atoms with Gasteiger partial charge in [-0.05, 0) is 0 Å². The molecule has 5 nitrogen and oxygen atoms in total. The number of halogens is 22. The van der Waals surface area contributed by atoms with Gasteiger partial charge >= 0.3 is 89.5 Å². The Morgan fingerprint density at radius 2 is 0.390 bits per heavy atom. The standard InChI is InChI=1S/C12F22O5S2/c13-1(14)3(17,18)7(25,26)11(33,8(27,28)4(1,19)20)40(35,36)39-41(37,38)12(34)9(29,30)5(21,22)2(15,16)6(23,24)10(12,31)32. The van der Waals surface area contributed by atoms with Gasteiger partial charge in [0.2, 0.25) is 0 Å². The third-order valence-corrected chi connectivity index (χ3v) is 9.47. The highest BCUT2D eigenvalue weighted by atomic mass is 32.3. The SMILES string of the molecule is O=S(=O)(OS(=O)(=O)C1(F)C(F)(F)C(F)(F)C(F)(F)C(F)(F)C1(F)F)C1(F)C(F)(F)C(F)(F)C(F)(F)C(F)(F)C1(F)F. The zero-order chi connectivity index (χ0) is 33.7. The number of hydrogen-bond donors (Lipinski definition) is 0. The van der Waals surface area contributed by atoms with Crippen molar-refractivity contribution >= 4 is 20.2 Å². The number of rotatable bonds is 4. The fourth-order valence-corrected chi connectivity index (χ4v) is 6.69. The molecule has 0 saturated heterocycles. The lowest BCUT2D eigenvalue weighted by Gasteiger charge is -2.52. The molecular formula is C12F22O5S2. The van der Waals surface area contributed by atoms with Gasteiger partial charge < -0.3 is 0 Å². The van der Waals surface area contributed by atoms with Crippen molar-refractivity contribution in [2.45, 2.75) is 69.2 Å². The van der Waals surface area contributed by atoms with E-state index in [1.807, 2.05) is 0 Å². The Bertz CT molecular complexity index is 1180. The second kappa shape index (κ2) is 7.69. The van der Waals surface area contributed by atoms with Crippen molar-refractivity contribution in [2.24, 2.45) is 0 Å².